The minimum atomic E-state index is -4.43. The summed E-state index contributed by atoms with van der Waals surface area (Å²) in [7, 11) is 1.55. The van der Waals surface area contributed by atoms with E-state index in [4.69, 9.17) is 9.47 Å². The highest BCUT2D eigenvalue weighted by Crippen LogP contribution is 2.34. The second kappa shape index (κ2) is 9.76. The molecule has 1 aliphatic rings. The van der Waals surface area contributed by atoms with Crippen LogP contribution in [0.1, 0.15) is 35.2 Å². The normalized spacial score (nSPS) is 18.8. The number of halogens is 3. The Bertz CT molecular complexity index is 842. The Morgan fingerprint density at radius 2 is 2.13 bits per heavy atom. The molecule has 2 unspecified atom stereocenters. The Balaban J connectivity index is 1.55. The third-order valence-electron chi connectivity index (χ3n) is 4.87. The number of alkyl halides is 3. The van der Waals surface area contributed by atoms with Crippen LogP contribution in [0.15, 0.2) is 29.6 Å². The standard InChI is InChI=1S/C20H24F3N3O3S/c1-13(14-3-5-15(6-4-14)29-11-18(27)24-2)9-26-7-8-28-17(10-26)16-12-30-19(25-16)20(21,22)23/h3-6,12-13,17H,7-11H2,1-2H3,(H,24,27). The van der Waals surface area contributed by atoms with E-state index in [9.17, 15) is 18.0 Å². The van der Waals surface area contributed by atoms with E-state index in [0.717, 1.165) is 12.1 Å². The van der Waals surface area contributed by atoms with Gasteiger partial charge in [0.15, 0.2) is 11.6 Å². The topological polar surface area (TPSA) is 63.7 Å². The largest absolute Gasteiger partial charge is 0.484 e. The van der Waals surface area contributed by atoms with Crippen LogP contribution in [0.3, 0.4) is 0 Å². The molecule has 0 saturated carbocycles. The van der Waals surface area contributed by atoms with Gasteiger partial charge < -0.3 is 14.8 Å². The lowest BCUT2D eigenvalue weighted by Crippen LogP contribution is -2.40. The maximum Gasteiger partial charge on any atom is 0.443 e. The average molecular weight is 443 g/mol. The fourth-order valence-corrected chi connectivity index (χ4v) is 3.95. The summed E-state index contributed by atoms with van der Waals surface area (Å²) in [5.74, 6) is 0.625. The predicted octanol–water partition coefficient (Wildman–Crippen LogP) is 3.46. The summed E-state index contributed by atoms with van der Waals surface area (Å²) < 4.78 is 49.5. The Morgan fingerprint density at radius 1 is 1.40 bits per heavy atom. The van der Waals surface area contributed by atoms with Crippen LogP contribution < -0.4 is 10.1 Å². The minimum Gasteiger partial charge on any atom is -0.484 e. The van der Waals surface area contributed by atoms with Crippen molar-refractivity contribution in [3.8, 4) is 5.75 Å². The van der Waals surface area contributed by atoms with Gasteiger partial charge in [0.2, 0.25) is 0 Å². The predicted molar refractivity (Wildman–Crippen MR) is 107 cm³/mol. The van der Waals surface area contributed by atoms with E-state index in [2.05, 4.69) is 22.1 Å². The second-order valence-electron chi connectivity index (χ2n) is 7.13. The summed E-state index contributed by atoms with van der Waals surface area (Å²) in [6.45, 7) is 4.46. The van der Waals surface area contributed by atoms with Gasteiger partial charge in [-0.2, -0.15) is 13.2 Å². The molecule has 3 rings (SSSR count). The molecule has 2 atom stereocenters. The first-order valence-electron chi connectivity index (χ1n) is 9.56. The molecular weight excluding hydrogens is 419 g/mol. The Labute approximate surface area is 177 Å². The van der Waals surface area contributed by atoms with Gasteiger partial charge in [0.05, 0.1) is 12.3 Å². The molecule has 1 aromatic carbocycles. The number of thiazole rings is 1. The van der Waals surface area contributed by atoms with Gasteiger partial charge in [0, 0.05) is 32.1 Å². The van der Waals surface area contributed by atoms with Crippen LogP contribution >= 0.6 is 11.3 Å². The van der Waals surface area contributed by atoms with Crippen molar-refractivity contribution >= 4 is 17.2 Å². The fraction of sp³-hybridized carbons (Fsp3) is 0.500. The van der Waals surface area contributed by atoms with E-state index in [-0.39, 0.29) is 18.4 Å². The van der Waals surface area contributed by atoms with Crippen molar-refractivity contribution in [2.45, 2.75) is 25.1 Å². The molecule has 0 bridgehead atoms. The van der Waals surface area contributed by atoms with Crippen molar-refractivity contribution < 1.29 is 27.4 Å². The van der Waals surface area contributed by atoms with Gasteiger partial charge >= 0.3 is 6.18 Å². The molecule has 1 fully saturated rings. The number of carbonyl (C=O) groups is 1. The molecule has 164 valence electrons. The van der Waals surface area contributed by atoms with E-state index < -0.39 is 17.3 Å². The molecule has 1 amide bonds. The third kappa shape index (κ3) is 5.93. The third-order valence-corrected chi connectivity index (χ3v) is 5.78. The first kappa shape index (κ1) is 22.5. The molecule has 1 N–H and O–H groups in total. The summed E-state index contributed by atoms with van der Waals surface area (Å²) in [6, 6.07) is 7.56. The van der Waals surface area contributed by atoms with Crippen molar-refractivity contribution in [2.24, 2.45) is 0 Å². The van der Waals surface area contributed by atoms with Crippen LogP contribution in [0.25, 0.3) is 0 Å². The number of nitrogens with one attached hydrogen (secondary N) is 1. The number of hydrogen-bond acceptors (Lipinski definition) is 6. The van der Waals surface area contributed by atoms with Gasteiger partial charge in [-0.15, -0.1) is 11.3 Å². The fourth-order valence-electron chi connectivity index (χ4n) is 3.22. The number of carbonyl (C=O) groups excluding carboxylic acids is 1. The number of ether oxygens (including phenoxy) is 2. The van der Waals surface area contributed by atoms with E-state index >= 15 is 0 Å². The Morgan fingerprint density at radius 3 is 2.77 bits per heavy atom. The number of morpholine rings is 1. The van der Waals surface area contributed by atoms with Gasteiger partial charge in [-0.05, 0) is 23.6 Å². The lowest BCUT2D eigenvalue weighted by molar-refractivity contribution is -0.138. The molecule has 0 aliphatic carbocycles. The van der Waals surface area contributed by atoms with Crippen molar-refractivity contribution in [1.82, 2.24) is 15.2 Å². The van der Waals surface area contributed by atoms with E-state index in [1.54, 1.807) is 7.05 Å². The minimum absolute atomic E-state index is 0.0345. The number of hydrogen-bond donors (Lipinski definition) is 1. The van der Waals surface area contributed by atoms with Crippen LogP contribution in [0.2, 0.25) is 0 Å². The number of aromatic nitrogens is 1. The highest BCUT2D eigenvalue weighted by Gasteiger charge is 2.36. The van der Waals surface area contributed by atoms with E-state index in [1.807, 2.05) is 24.3 Å². The monoisotopic (exact) mass is 443 g/mol. The zero-order valence-corrected chi connectivity index (χ0v) is 17.6. The lowest BCUT2D eigenvalue weighted by Gasteiger charge is -2.34. The molecular formula is C20H24F3N3O3S. The summed E-state index contributed by atoms with van der Waals surface area (Å²) in [5, 5.41) is 3.08. The van der Waals surface area contributed by atoms with Crippen LogP contribution in [-0.4, -0.2) is 55.7 Å². The van der Waals surface area contributed by atoms with Crippen LogP contribution in [0.5, 0.6) is 5.75 Å². The van der Waals surface area contributed by atoms with Gasteiger partial charge in [-0.1, -0.05) is 19.1 Å². The average Bonchev–Trinajstić information content (AvgIpc) is 3.23. The maximum atomic E-state index is 12.8. The van der Waals surface area contributed by atoms with Gasteiger partial charge in [-0.3, -0.25) is 9.69 Å². The van der Waals surface area contributed by atoms with Crippen LogP contribution in [0, 0.1) is 0 Å². The molecule has 0 radical (unpaired) electrons. The number of likely N-dealkylation sites (N-methyl/N-ethyl adjacent to an activating group) is 1. The van der Waals surface area contributed by atoms with Crippen molar-refractivity contribution in [1.29, 1.82) is 0 Å². The first-order chi connectivity index (χ1) is 14.3. The Hall–Kier alpha value is -2.17. The molecule has 30 heavy (non-hydrogen) atoms. The summed E-state index contributed by atoms with van der Waals surface area (Å²) >= 11 is 0.599. The highest BCUT2D eigenvalue weighted by molar-refractivity contribution is 7.09. The molecule has 1 aromatic heterocycles. The van der Waals surface area contributed by atoms with Gasteiger partial charge in [0.1, 0.15) is 11.9 Å². The van der Waals surface area contributed by atoms with Crippen LogP contribution in [0.4, 0.5) is 13.2 Å². The molecule has 2 heterocycles. The lowest BCUT2D eigenvalue weighted by atomic mass is 10.00. The highest BCUT2D eigenvalue weighted by atomic mass is 32.1. The van der Waals surface area contributed by atoms with Gasteiger partial charge in [0.25, 0.3) is 5.91 Å². The summed E-state index contributed by atoms with van der Waals surface area (Å²) in [6.07, 6.45) is -4.89. The summed E-state index contributed by atoms with van der Waals surface area (Å²) in [5.41, 5.74) is 1.45. The second-order valence-corrected chi connectivity index (χ2v) is 7.98. The zero-order valence-electron chi connectivity index (χ0n) is 16.7. The molecule has 0 spiro atoms. The molecule has 10 heteroatoms. The molecule has 1 saturated heterocycles. The molecule has 2 aromatic rings. The van der Waals surface area contributed by atoms with E-state index in [0.29, 0.717) is 42.5 Å². The molecule has 6 nitrogen and oxygen atoms in total. The van der Waals surface area contributed by atoms with E-state index in [1.165, 1.54) is 5.38 Å². The van der Waals surface area contributed by atoms with Crippen molar-refractivity contribution in [3.63, 3.8) is 0 Å². The number of amides is 1. The van der Waals surface area contributed by atoms with Crippen LogP contribution in [-0.2, 0) is 15.7 Å². The number of benzene rings is 1. The molecule has 1 aliphatic heterocycles. The SMILES string of the molecule is CNC(=O)COc1ccc(C(C)CN2CCOC(c3csc(C(F)(F)F)n3)C2)cc1. The van der Waals surface area contributed by atoms with Gasteiger partial charge in [-0.25, -0.2) is 4.98 Å². The smallest absolute Gasteiger partial charge is 0.443 e. The summed E-state index contributed by atoms with van der Waals surface area (Å²) in [4.78, 5) is 17.2. The number of rotatable bonds is 7. The van der Waals surface area contributed by atoms with Crippen molar-refractivity contribution in [2.75, 3.05) is 39.9 Å². The zero-order chi connectivity index (χ0) is 21.7. The number of nitrogens with zero attached hydrogens (tertiary/aromatic N) is 2. The Kier molecular flexibility index (Phi) is 7.32. The maximum absolute atomic E-state index is 12.8. The first-order valence-corrected chi connectivity index (χ1v) is 10.4. The van der Waals surface area contributed by atoms with Crippen molar-refractivity contribution in [3.05, 3.63) is 45.9 Å². The quantitative estimate of drug-likeness (QED) is 0.710.